The van der Waals surface area contributed by atoms with Gasteiger partial charge < -0.3 is 25.0 Å². The van der Waals surface area contributed by atoms with E-state index in [9.17, 15) is 27.5 Å². The lowest BCUT2D eigenvalue weighted by atomic mass is 10.0. The second-order valence-electron chi connectivity index (χ2n) is 9.06. The van der Waals surface area contributed by atoms with E-state index in [4.69, 9.17) is 9.26 Å². The van der Waals surface area contributed by atoms with Crippen LogP contribution in [0.4, 0.5) is 23.2 Å². The van der Waals surface area contributed by atoms with Crippen LogP contribution in [-0.4, -0.2) is 57.2 Å². The summed E-state index contributed by atoms with van der Waals surface area (Å²) in [5.41, 5.74) is -4.05. The third-order valence-electron chi connectivity index (χ3n) is 6.65. The Morgan fingerprint density at radius 1 is 1.25 bits per heavy atom. The summed E-state index contributed by atoms with van der Waals surface area (Å²) >= 11 is 0.773. The number of hydrogen-bond acceptors (Lipinski definition) is 9. The van der Waals surface area contributed by atoms with Crippen molar-refractivity contribution >= 4 is 44.8 Å². The molecule has 1 amide bonds. The fourth-order valence-electron chi connectivity index (χ4n) is 5.01. The van der Waals surface area contributed by atoms with Gasteiger partial charge in [0.25, 0.3) is 0 Å². The molecular formula is C22H20F4N4O4S2. The molecule has 0 radical (unpaired) electrons. The number of hydrogen-bond donors (Lipinski definition) is 3. The van der Waals surface area contributed by atoms with Gasteiger partial charge in [0.2, 0.25) is 17.6 Å². The topological polar surface area (TPSA) is 110 Å². The summed E-state index contributed by atoms with van der Waals surface area (Å²) in [6.07, 6.45) is -1.00. The predicted molar refractivity (Wildman–Crippen MR) is 123 cm³/mol. The number of ether oxygens (including phenoxy) is 1. The molecule has 0 saturated carbocycles. The number of carbonyl (C=O) groups is 1. The molecule has 6 atom stereocenters. The lowest BCUT2D eigenvalue weighted by molar-refractivity contribution is -0.126. The van der Waals surface area contributed by atoms with E-state index in [0.717, 1.165) is 17.8 Å². The van der Waals surface area contributed by atoms with Crippen LogP contribution in [0.1, 0.15) is 37.6 Å². The van der Waals surface area contributed by atoms with Crippen LogP contribution < -0.4 is 10.6 Å². The molecule has 3 N–H and O–H groups in total. The number of anilines is 1. The molecule has 36 heavy (non-hydrogen) atoms. The molecule has 3 aromatic rings. The molecule has 3 fully saturated rings. The molecule has 3 aliphatic heterocycles. The summed E-state index contributed by atoms with van der Waals surface area (Å²) in [4.78, 5) is 15.9. The van der Waals surface area contributed by atoms with E-state index in [2.05, 4.69) is 20.8 Å². The van der Waals surface area contributed by atoms with E-state index in [1.54, 1.807) is 18.2 Å². The minimum atomic E-state index is -4.58. The molecular weight excluding hydrogens is 524 g/mol. The first-order valence-electron chi connectivity index (χ1n) is 11.4. The Hall–Kier alpha value is -2.42. The lowest BCUT2D eigenvalue weighted by Gasteiger charge is -2.33. The molecule has 3 saturated heterocycles. The zero-order chi connectivity index (χ0) is 25.2. The number of nitrogens with zero attached hydrogens (tertiary/aromatic N) is 2. The molecule has 192 valence electrons. The van der Waals surface area contributed by atoms with Gasteiger partial charge in [-0.25, -0.2) is 4.39 Å². The minimum Gasteiger partial charge on any atom is -0.383 e. The van der Waals surface area contributed by atoms with Gasteiger partial charge in [-0.05, 0) is 37.1 Å². The number of benzene rings is 1. The highest BCUT2D eigenvalue weighted by molar-refractivity contribution is 8.00. The third kappa shape index (κ3) is 4.33. The van der Waals surface area contributed by atoms with E-state index in [-0.39, 0.29) is 45.8 Å². The minimum absolute atomic E-state index is 0.00776. The van der Waals surface area contributed by atoms with Gasteiger partial charge in [-0.2, -0.15) is 18.2 Å². The van der Waals surface area contributed by atoms with Crippen LogP contribution in [0, 0.1) is 0 Å². The average Bonchev–Trinajstić information content (AvgIpc) is 3.59. The first-order chi connectivity index (χ1) is 17.2. The van der Waals surface area contributed by atoms with Crippen LogP contribution in [0.25, 0.3) is 20.8 Å². The van der Waals surface area contributed by atoms with Gasteiger partial charge in [0.1, 0.15) is 18.3 Å². The van der Waals surface area contributed by atoms with E-state index < -0.39 is 41.9 Å². The number of thioether (sulfide) groups is 1. The van der Waals surface area contributed by atoms with Crippen molar-refractivity contribution in [2.24, 2.45) is 0 Å². The zero-order valence-electron chi connectivity index (χ0n) is 18.4. The van der Waals surface area contributed by atoms with Gasteiger partial charge in [-0.3, -0.25) is 4.79 Å². The molecule has 8 nitrogen and oxygen atoms in total. The maximum Gasteiger partial charge on any atom is 0.446 e. The van der Waals surface area contributed by atoms with Crippen LogP contribution in [0.3, 0.4) is 0 Å². The summed E-state index contributed by atoms with van der Waals surface area (Å²) in [6, 6.07) is 3.67. The zero-order valence-corrected chi connectivity index (χ0v) is 20.1. The maximum absolute atomic E-state index is 15.0. The van der Waals surface area contributed by atoms with Crippen LogP contribution in [0.5, 0.6) is 0 Å². The largest absolute Gasteiger partial charge is 0.446 e. The van der Waals surface area contributed by atoms with Crippen molar-refractivity contribution in [2.75, 3.05) is 5.32 Å². The molecule has 2 bridgehead atoms. The molecule has 2 aromatic heterocycles. The van der Waals surface area contributed by atoms with Crippen molar-refractivity contribution in [1.29, 1.82) is 0 Å². The highest BCUT2D eigenvalue weighted by Crippen LogP contribution is 2.51. The Bertz CT molecular complexity index is 1310. The first kappa shape index (κ1) is 23.9. The predicted octanol–water partition coefficient (Wildman–Crippen LogP) is 4.56. The van der Waals surface area contributed by atoms with Gasteiger partial charge in [-0.15, -0.1) is 11.3 Å². The highest BCUT2D eigenvalue weighted by atomic mass is 32.2. The van der Waals surface area contributed by atoms with Crippen molar-refractivity contribution < 1.29 is 36.7 Å². The summed E-state index contributed by atoms with van der Waals surface area (Å²) in [5, 5.41) is 19.6. The molecule has 14 heteroatoms. The second-order valence-corrected chi connectivity index (χ2v) is 11.2. The number of thiophene rings is 1. The Morgan fingerprint density at radius 2 is 2.08 bits per heavy atom. The van der Waals surface area contributed by atoms with Gasteiger partial charge in [0.05, 0.1) is 33.5 Å². The van der Waals surface area contributed by atoms with Crippen molar-refractivity contribution in [1.82, 2.24) is 15.5 Å². The summed E-state index contributed by atoms with van der Waals surface area (Å²) < 4.78 is 67.0. The Kier molecular flexibility index (Phi) is 5.89. The van der Waals surface area contributed by atoms with Crippen molar-refractivity contribution in [3.63, 3.8) is 0 Å². The second kappa shape index (κ2) is 8.85. The van der Waals surface area contributed by atoms with E-state index >= 15 is 0 Å². The number of nitrogens with one attached hydrogen (secondary N) is 2. The Morgan fingerprint density at radius 3 is 2.83 bits per heavy atom. The molecule has 0 unspecified atom stereocenters. The number of amides is 1. The van der Waals surface area contributed by atoms with Crippen LogP contribution in [0.15, 0.2) is 27.6 Å². The SMILES string of the molecule is O=C1N[C@@H](c2nc(-c3sc4c(N[C@H]5C[C@H]6CC[C@H](O6)[C@@H]5F)cccc4c3SC(F)(F)F)no2)C[C@@H]1O. The number of aliphatic hydroxyl groups is 1. The monoisotopic (exact) mass is 544 g/mol. The first-order valence-corrected chi connectivity index (χ1v) is 13.0. The van der Waals surface area contributed by atoms with Crippen molar-refractivity contribution in [3.8, 4) is 10.7 Å². The van der Waals surface area contributed by atoms with Gasteiger partial charge >= 0.3 is 5.51 Å². The van der Waals surface area contributed by atoms with Crippen molar-refractivity contribution in [2.45, 2.75) is 72.7 Å². The van der Waals surface area contributed by atoms with E-state index in [0.29, 0.717) is 28.6 Å². The smallest absolute Gasteiger partial charge is 0.383 e. The van der Waals surface area contributed by atoms with Crippen LogP contribution >= 0.6 is 23.1 Å². The molecule has 5 heterocycles. The molecule has 6 rings (SSSR count). The van der Waals surface area contributed by atoms with E-state index in [1.165, 1.54) is 0 Å². The highest BCUT2D eigenvalue weighted by Gasteiger charge is 2.44. The fourth-order valence-corrected chi connectivity index (χ4v) is 7.12. The number of aliphatic hydroxyl groups excluding tert-OH is 1. The quantitative estimate of drug-likeness (QED) is 0.317. The number of alkyl halides is 4. The van der Waals surface area contributed by atoms with Crippen molar-refractivity contribution in [3.05, 3.63) is 24.1 Å². The maximum atomic E-state index is 15.0. The van der Waals surface area contributed by atoms with Crippen LogP contribution in [-0.2, 0) is 9.53 Å². The third-order valence-corrected chi connectivity index (χ3v) is 8.87. The fraction of sp³-hybridized carbons (Fsp3) is 0.500. The van der Waals surface area contributed by atoms with Gasteiger partial charge in [-0.1, -0.05) is 17.3 Å². The summed E-state index contributed by atoms with van der Waals surface area (Å²) in [5.74, 6) is -0.656. The average molecular weight is 545 g/mol. The Balaban J connectivity index is 1.38. The summed E-state index contributed by atoms with van der Waals surface area (Å²) in [6.45, 7) is 0. The lowest BCUT2D eigenvalue weighted by Crippen LogP contribution is -2.44. The molecule has 1 aromatic carbocycles. The number of rotatable bonds is 5. The molecule has 0 spiro atoms. The van der Waals surface area contributed by atoms with Crippen LogP contribution in [0.2, 0.25) is 0 Å². The Labute approximate surface area is 209 Å². The summed E-state index contributed by atoms with van der Waals surface area (Å²) in [7, 11) is 0. The number of aromatic nitrogens is 2. The molecule has 3 aliphatic rings. The van der Waals surface area contributed by atoms with Gasteiger partial charge in [0, 0.05) is 16.7 Å². The molecule has 0 aliphatic carbocycles. The standard InChI is InChI=1S/C22H20F4N4O4S2/c23-15-11(6-8-4-5-14(15)33-8)27-10-3-1-2-9-16(10)35-18(17(9)36-22(24,25)26)19-29-21(34-30-19)12-7-13(31)20(32)28-12/h1-3,8,11-15,27,31H,4-7H2,(H,28,32)/t8-,11+,12-,13+,14+,15-/m1/s1. The number of halogens is 4. The number of fused-ring (bicyclic) bond motifs is 3. The van der Waals surface area contributed by atoms with E-state index in [1.807, 2.05) is 0 Å². The number of carbonyl (C=O) groups excluding carboxylic acids is 1. The van der Waals surface area contributed by atoms with Gasteiger partial charge in [0.15, 0.2) is 0 Å². The normalized spacial score (nSPS) is 30.2.